The minimum Gasteiger partial charge on any atom is -0.479 e. The zero-order valence-electron chi connectivity index (χ0n) is 12.6. The summed E-state index contributed by atoms with van der Waals surface area (Å²) >= 11 is 3.39. The molecule has 0 amide bonds. The van der Waals surface area contributed by atoms with E-state index in [1.165, 1.54) is 0 Å². The quantitative estimate of drug-likeness (QED) is 0.686. The lowest BCUT2D eigenvalue weighted by Gasteiger charge is -2.12. The topological polar surface area (TPSA) is 43.4 Å². The van der Waals surface area contributed by atoms with Crippen LogP contribution in [0.5, 0.6) is 5.75 Å². The van der Waals surface area contributed by atoms with Gasteiger partial charge in [0.05, 0.1) is 9.79 Å². The monoisotopic (exact) mass is 382 g/mol. The zero-order chi connectivity index (χ0) is 16.2. The number of ether oxygens (including phenoxy) is 1. The predicted molar refractivity (Wildman–Crippen MR) is 91.3 cm³/mol. The van der Waals surface area contributed by atoms with Crippen molar-refractivity contribution < 1.29 is 13.2 Å². The lowest BCUT2D eigenvalue weighted by atomic mass is 10.2. The molecule has 0 saturated heterocycles. The Bertz CT molecular complexity index is 724. The van der Waals surface area contributed by atoms with Crippen LogP contribution in [0.15, 0.2) is 58.3 Å². The molecule has 0 aliphatic heterocycles. The Balaban J connectivity index is 2.34. The first kappa shape index (κ1) is 17.0. The molecule has 2 aromatic carbocycles. The second kappa shape index (κ2) is 7.29. The molecule has 1 unspecified atom stereocenters. The summed E-state index contributed by atoms with van der Waals surface area (Å²) in [5, 5.41) is -0.0734. The molecule has 0 spiro atoms. The molecule has 0 fully saturated rings. The fourth-order valence-corrected chi connectivity index (χ4v) is 3.89. The van der Waals surface area contributed by atoms with E-state index in [-0.39, 0.29) is 9.91 Å². The second-order valence-electron chi connectivity index (χ2n) is 4.87. The van der Waals surface area contributed by atoms with Gasteiger partial charge in [0.25, 0.3) is 0 Å². The standard InChI is InChI=1S/C17H19BrO3S/c1-3-13-7-5-6-8-16(13)22(19,20)15-11-9-14(10-12-15)21-17(18)4-2/h5-12,17H,3-4H2,1-2H3. The van der Waals surface area contributed by atoms with Gasteiger partial charge in [-0.3, -0.25) is 0 Å². The van der Waals surface area contributed by atoms with E-state index in [1.54, 1.807) is 36.4 Å². The third kappa shape index (κ3) is 3.70. The van der Waals surface area contributed by atoms with Crippen LogP contribution in [-0.2, 0) is 16.3 Å². The summed E-state index contributed by atoms with van der Waals surface area (Å²) < 4.78 is 31.1. The van der Waals surface area contributed by atoms with Crippen LogP contribution in [-0.4, -0.2) is 13.4 Å². The highest BCUT2D eigenvalue weighted by Gasteiger charge is 2.20. The Morgan fingerprint density at radius 3 is 2.27 bits per heavy atom. The van der Waals surface area contributed by atoms with Gasteiger partial charge in [-0.15, -0.1) is 0 Å². The first-order valence-corrected chi connectivity index (χ1v) is 9.62. The number of hydrogen-bond acceptors (Lipinski definition) is 3. The minimum atomic E-state index is -3.50. The first-order valence-electron chi connectivity index (χ1n) is 7.22. The van der Waals surface area contributed by atoms with Crippen molar-refractivity contribution in [3.8, 4) is 5.75 Å². The van der Waals surface area contributed by atoms with Gasteiger partial charge in [-0.05, 0) is 64.7 Å². The van der Waals surface area contributed by atoms with Gasteiger partial charge in [-0.25, -0.2) is 8.42 Å². The van der Waals surface area contributed by atoms with Crippen LogP contribution in [0.3, 0.4) is 0 Å². The summed E-state index contributed by atoms with van der Waals surface area (Å²) in [6.45, 7) is 3.95. The van der Waals surface area contributed by atoms with Crippen LogP contribution in [0, 0.1) is 0 Å². The molecule has 0 heterocycles. The molecular weight excluding hydrogens is 364 g/mol. The summed E-state index contributed by atoms with van der Waals surface area (Å²) in [4.78, 5) is 0.654. The average Bonchev–Trinajstić information content (AvgIpc) is 2.55. The van der Waals surface area contributed by atoms with Crippen molar-refractivity contribution in [2.45, 2.75) is 41.5 Å². The van der Waals surface area contributed by atoms with Gasteiger partial charge in [-0.1, -0.05) is 32.0 Å². The van der Waals surface area contributed by atoms with E-state index in [4.69, 9.17) is 4.74 Å². The van der Waals surface area contributed by atoms with Crippen molar-refractivity contribution in [3.63, 3.8) is 0 Å². The number of hydrogen-bond donors (Lipinski definition) is 0. The van der Waals surface area contributed by atoms with Crippen molar-refractivity contribution in [2.75, 3.05) is 0 Å². The molecule has 5 heteroatoms. The van der Waals surface area contributed by atoms with E-state index in [0.717, 1.165) is 12.0 Å². The van der Waals surface area contributed by atoms with Crippen LogP contribution in [0.1, 0.15) is 25.8 Å². The van der Waals surface area contributed by atoms with E-state index in [0.29, 0.717) is 17.1 Å². The molecular formula is C17H19BrO3S. The van der Waals surface area contributed by atoms with Crippen molar-refractivity contribution in [1.82, 2.24) is 0 Å². The highest BCUT2D eigenvalue weighted by Crippen LogP contribution is 2.26. The van der Waals surface area contributed by atoms with Crippen molar-refractivity contribution in [3.05, 3.63) is 54.1 Å². The van der Waals surface area contributed by atoms with Crippen molar-refractivity contribution >= 4 is 25.8 Å². The van der Waals surface area contributed by atoms with Crippen LogP contribution >= 0.6 is 15.9 Å². The van der Waals surface area contributed by atoms with E-state index in [2.05, 4.69) is 15.9 Å². The molecule has 2 aromatic rings. The summed E-state index contributed by atoms with van der Waals surface area (Å²) in [5.41, 5.74) is 0.828. The number of benzene rings is 2. The maximum atomic E-state index is 12.8. The van der Waals surface area contributed by atoms with Crippen LogP contribution in [0.4, 0.5) is 0 Å². The Labute approximate surface area is 140 Å². The molecule has 22 heavy (non-hydrogen) atoms. The molecule has 0 bridgehead atoms. The molecule has 2 rings (SSSR count). The summed E-state index contributed by atoms with van der Waals surface area (Å²) in [6.07, 6.45) is 1.50. The molecule has 3 nitrogen and oxygen atoms in total. The smallest absolute Gasteiger partial charge is 0.206 e. The second-order valence-corrected chi connectivity index (χ2v) is 7.81. The summed E-state index contributed by atoms with van der Waals surface area (Å²) in [7, 11) is -3.50. The van der Waals surface area contributed by atoms with E-state index >= 15 is 0 Å². The van der Waals surface area contributed by atoms with Gasteiger partial charge in [0.2, 0.25) is 9.84 Å². The van der Waals surface area contributed by atoms with Gasteiger partial charge in [0, 0.05) is 0 Å². The first-order chi connectivity index (χ1) is 10.5. The molecule has 0 aromatic heterocycles. The van der Waals surface area contributed by atoms with Crippen LogP contribution < -0.4 is 4.74 Å². The van der Waals surface area contributed by atoms with Crippen LogP contribution in [0.2, 0.25) is 0 Å². The van der Waals surface area contributed by atoms with E-state index in [1.807, 2.05) is 26.0 Å². The predicted octanol–water partition coefficient (Wildman–Crippen LogP) is 4.59. The fourth-order valence-electron chi connectivity index (χ4n) is 2.11. The maximum Gasteiger partial charge on any atom is 0.206 e. The normalized spacial score (nSPS) is 12.9. The SMILES string of the molecule is CCc1ccccc1S(=O)(=O)c1ccc(OC(Br)CC)cc1. The largest absolute Gasteiger partial charge is 0.479 e. The van der Waals surface area contributed by atoms with Gasteiger partial charge < -0.3 is 4.74 Å². The van der Waals surface area contributed by atoms with E-state index in [9.17, 15) is 8.42 Å². The third-order valence-electron chi connectivity index (χ3n) is 3.36. The lowest BCUT2D eigenvalue weighted by molar-refractivity contribution is 0.290. The number of aryl methyl sites for hydroxylation is 1. The molecule has 0 aliphatic carbocycles. The minimum absolute atomic E-state index is 0.0734. The van der Waals surface area contributed by atoms with Gasteiger partial charge >= 0.3 is 0 Å². The molecule has 0 N–H and O–H groups in total. The fraction of sp³-hybridized carbons (Fsp3) is 0.294. The molecule has 0 aliphatic rings. The molecule has 0 saturated carbocycles. The van der Waals surface area contributed by atoms with Crippen LogP contribution in [0.25, 0.3) is 0 Å². The number of rotatable bonds is 6. The lowest BCUT2D eigenvalue weighted by Crippen LogP contribution is -2.07. The van der Waals surface area contributed by atoms with Gasteiger partial charge in [0.1, 0.15) is 5.75 Å². The summed E-state index contributed by atoms with van der Waals surface area (Å²) in [6, 6.07) is 13.7. The van der Waals surface area contributed by atoms with Crippen molar-refractivity contribution in [2.24, 2.45) is 0 Å². The van der Waals surface area contributed by atoms with E-state index < -0.39 is 9.84 Å². The number of sulfone groups is 1. The average molecular weight is 383 g/mol. The summed E-state index contributed by atoms with van der Waals surface area (Å²) in [5.74, 6) is 0.645. The Kier molecular flexibility index (Phi) is 5.64. The Morgan fingerprint density at radius 1 is 1.05 bits per heavy atom. The Hall–Kier alpha value is -1.33. The van der Waals surface area contributed by atoms with Crippen molar-refractivity contribution in [1.29, 1.82) is 0 Å². The van der Waals surface area contributed by atoms with Gasteiger partial charge in [-0.2, -0.15) is 0 Å². The molecule has 118 valence electrons. The third-order valence-corrected chi connectivity index (χ3v) is 6.07. The maximum absolute atomic E-state index is 12.8. The Morgan fingerprint density at radius 2 is 1.68 bits per heavy atom. The number of alkyl halides is 1. The number of halogens is 1. The van der Waals surface area contributed by atoms with Gasteiger partial charge in [0.15, 0.2) is 5.01 Å². The highest BCUT2D eigenvalue weighted by atomic mass is 79.9. The molecule has 1 atom stereocenters. The highest BCUT2D eigenvalue weighted by molar-refractivity contribution is 9.09. The molecule has 0 radical (unpaired) electrons. The zero-order valence-corrected chi connectivity index (χ0v) is 15.0.